The van der Waals surface area contributed by atoms with Crippen molar-refractivity contribution in [2.24, 2.45) is 0 Å². The Balaban J connectivity index is 2.40. The molecule has 2 unspecified atom stereocenters. The van der Waals surface area contributed by atoms with E-state index in [2.05, 4.69) is 17.2 Å². The van der Waals surface area contributed by atoms with E-state index in [1.807, 2.05) is 0 Å². The van der Waals surface area contributed by atoms with Crippen molar-refractivity contribution >= 4 is 0 Å². The number of pyridine rings is 1. The summed E-state index contributed by atoms with van der Waals surface area (Å²) in [5.41, 5.74) is 0.867. The van der Waals surface area contributed by atoms with Gasteiger partial charge in [-0.2, -0.15) is 0 Å². The van der Waals surface area contributed by atoms with Crippen LogP contribution >= 0.6 is 0 Å². The van der Waals surface area contributed by atoms with Gasteiger partial charge in [0.25, 0.3) is 0 Å². The molecule has 4 heteroatoms. The molecule has 17 heavy (non-hydrogen) atoms. The van der Waals surface area contributed by atoms with E-state index in [0.29, 0.717) is 0 Å². The fourth-order valence-electron chi connectivity index (χ4n) is 1.73. The predicted octanol–water partition coefficient (Wildman–Crippen LogP) is 2.42. The zero-order valence-corrected chi connectivity index (χ0v) is 10.5. The van der Waals surface area contributed by atoms with Crippen LogP contribution in [0.5, 0.6) is 0 Å². The highest BCUT2D eigenvalue weighted by Crippen LogP contribution is 2.14. The topological polar surface area (TPSA) is 45.1 Å². The molecule has 1 rings (SSSR count). The van der Waals surface area contributed by atoms with E-state index < -0.39 is 0 Å². The molecule has 1 aromatic heterocycles. The van der Waals surface area contributed by atoms with Crippen LogP contribution in [0.25, 0.3) is 0 Å². The van der Waals surface area contributed by atoms with Gasteiger partial charge in [-0.15, -0.1) is 0 Å². The lowest BCUT2D eigenvalue weighted by Crippen LogP contribution is -2.23. The Labute approximate surface area is 102 Å². The molecule has 0 saturated heterocycles. The van der Waals surface area contributed by atoms with Gasteiger partial charge in [0.15, 0.2) is 0 Å². The van der Waals surface area contributed by atoms with E-state index in [0.717, 1.165) is 31.5 Å². The molecule has 0 fully saturated rings. The molecule has 2 N–H and O–H groups in total. The molecule has 96 valence electrons. The number of aromatic nitrogens is 1. The first-order valence-electron chi connectivity index (χ1n) is 6.16. The van der Waals surface area contributed by atoms with Crippen LogP contribution in [0.2, 0.25) is 0 Å². The summed E-state index contributed by atoms with van der Waals surface area (Å²) >= 11 is 0. The zero-order chi connectivity index (χ0) is 12.7. The molecule has 1 aromatic rings. The molecule has 0 amide bonds. The van der Waals surface area contributed by atoms with Gasteiger partial charge in [0.1, 0.15) is 5.82 Å². The maximum Gasteiger partial charge on any atom is 0.141 e. The van der Waals surface area contributed by atoms with Crippen molar-refractivity contribution in [2.45, 2.75) is 45.3 Å². The van der Waals surface area contributed by atoms with Crippen molar-refractivity contribution in [3.05, 3.63) is 29.8 Å². The lowest BCUT2D eigenvalue weighted by molar-refractivity contribution is 0.181. The molecule has 0 bridgehead atoms. The van der Waals surface area contributed by atoms with Crippen LogP contribution in [-0.4, -0.2) is 22.7 Å². The molecule has 3 nitrogen and oxygen atoms in total. The highest BCUT2D eigenvalue weighted by molar-refractivity contribution is 5.09. The number of hydrogen-bond acceptors (Lipinski definition) is 3. The molecule has 0 radical (unpaired) electrons. The third-order valence-electron chi connectivity index (χ3n) is 2.70. The molecular weight excluding hydrogens is 219 g/mol. The summed E-state index contributed by atoms with van der Waals surface area (Å²) in [6.07, 6.45) is 3.62. The highest BCUT2D eigenvalue weighted by atomic mass is 19.1. The first-order chi connectivity index (χ1) is 8.13. The first-order valence-corrected chi connectivity index (χ1v) is 6.16. The van der Waals surface area contributed by atoms with Gasteiger partial charge in [0, 0.05) is 6.04 Å². The van der Waals surface area contributed by atoms with Crippen LogP contribution in [0.15, 0.2) is 18.3 Å². The van der Waals surface area contributed by atoms with Gasteiger partial charge in [-0.05, 0) is 44.9 Å². The normalized spacial score (nSPS) is 14.6. The number of halogens is 1. The van der Waals surface area contributed by atoms with E-state index in [1.165, 1.54) is 12.3 Å². The fraction of sp³-hybridized carbons (Fsp3) is 0.615. The molecule has 0 saturated carbocycles. The maximum absolute atomic E-state index is 12.7. The minimum atomic E-state index is -0.308. The number of nitrogens with one attached hydrogen (secondary N) is 1. The predicted molar refractivity (Wildman–Crippen MR) is 66.1 cm³/mol. The number of aliphatic hydroxyl groups is 1. The molecule has 2 atom stereocenters. The Hall–Kier alpha value is -1.00. The molecule has 0 aliphatic rings. The second-order valence-electron chi connectivity index (χ2n) is 4.31. The second-order valence-corrected chi connectivity index (χ2v) is 4.31. The van der Waals surface area contributed by atoms with Gasteiger partial charge in [-0.1, -0.05) is 6.92 Å². The lowest BCUT2D eigenvalue weighted by atomic mass is 10.1. The summed E-state index contributed by atoms with van der Waals surface area (Å²) in [5, 5.41) is 12.5. The van der Waals surface area contributed by atoms with Crippen molar-refractivity contribution in [2.75, 3.05) is 6.54 Å². The Bertz CT molecular complexity index is 314. The standard InChI is InChI=1S/C13H21FN2O/c1-3-12(15-8-4-5-10(2)17)13-7-6-11(14)9-16-13/h6-7,9-10,12,15,17H,3-5,8H2,1-2H3. The van der Waals surface area contributed by atoms with Gasteiger partial charge in [-0.3, -0.25) is 4.98 Å². The SMILES string of the molecule is CCC(NCCCC(C)O)c1ccc(F)cn1. The Morgan fingerprint density at radius 3 is 2.76 bits per heavy atom. The summed E-state index contributed by atoms with van der Waals surface area (Å²) in [5.74, 6) is -0.308. The van der Waals surface area contributed by atoms with Crippen molar-refractivity contribution in [1.82, 2.24) is 10.3 Å². The van der Waals surface area contributed by atoms with Crippen LogP contribution in [0.1, 0.15) is 44.8 Å². The summed E-state index contributed by atoms with van der Waals surface area (Å²) in [6.45, 7) is 4.69. The van der Waals surface area contributed by atoms with Crippen LogP contribution in [0.3, 0.4) is 0 Å². The Morgan fingerprint density at radius 1 is 1.47 bits per heavy atom. The van der Waals surface area contributed by atoms with Gasteiger partial charge in [0.2, 0.25) is 0 Å². The fourth-order valence-corrected chi connectivity index (χ4v) is 1.73. The van der Waals surface area contributed by atoms with Crippen LogP contribution in [0, 0.1) is 5.82 Å². The summed E-state index contributed by atoms with van der Waals surface area (Å²) in [7, 11) is 0. The van der Waals surface area contributed by atoms with E-state index in [1.54, 1.807) is 13.0 Å². The zero-order valence-electron chi connectivity index (χ0n) is 10.5. The quantitative estimate of drug-likeness (QED) is 0.719. The van der Waals surface area contributed by atoms with Gasteiger partial charge < -0.3 is 10.4 Å². The van der Waals surface area contributed by atoms with E-state index in [-0.39, 0.29) is 18.0 Å². The van der Waals surface area contributed by atoms with Crippen molar-refractivity contribution in [1.29, 1.82) is 0 Å². The number of aliphatic hydroxyl groups excluding tert-OH is 1. The van der Waals surface area contributed by atoms with Gasteiger partial charge >= 0.3 is 0 Å². The minimum absolute atomic E-state index is 0.157. The highest BCUT2D eigenvalue weighted by Gasteiger charge is 2.09. The van der Waals surface area contributed by atoms with Crippen molar-refractivity contribution in [3.8, 4) is 0 Å². The van der Waals surface area contributed by atoms with Crippen LogP contribution < -0.4 is 5.32 Å². The second kappa shape index (κ2) is 7.35. The minimum Gasteiger partial charge on any atom is -0.393 e. The molecular formula is C13H21FN2O. The number of rotatable bonds is 7. The number of hydrogen-bond donors (Lipinski definition) is 2. The average Bonchev–Trinajstić information content (AvgIpc) is 2.30. The van der Waals surface area contributed by atoms with Gasteiger partial charge in [0.05, 0.1) is 18.0 Å². The van der Waals surface area contributed by atoms with E-state index in [9.17, 15) is 4.39 Å². The van der Waals surface area contributed by atoms with E-state index in [4.69, 9.17) is 5.11 Å². The van der Waals surface area contributed by atoms with Crippen LogP contribution in [-0.2, 0) is 0 Å². The Kier molecular flexibility index (Phi) is 6.08. The summed E-state index contributed by atoms with van der Waals surface area (Å²) in [4.78, 5) is 4.08. The molecule has 1 heterocycles. The monoisotopic (exact) mass is 240 g/mol. The smallest absolute Gasteiger partial charge is 0.141 e. The van der Waals surface area contributed by atoms with Crippen molar-refractivity contribution < 1.29 is 9.50 Å². The summed E-state index contributed by atoms with van der Waals surface area (Å²) in [6, 6.07) is 3.30. The number of nitrogens with zero attached hydrogens (tertiary/aromatic N) is 1. The average molecular weight is 240 g/mol. The third-order valence-corrected chi connectivity index (χ3v) is 2.70. The van der Waals surface area contributed by atoms with Gasteiger partial charge in [-0.25, -0.2) is 4.39 Å². The van der Waals surface area contributed by atoms with Crippen LogP contribution in [0.4, 0.5) is 4.39 Å². The summed E-state index contributed by atoms with van der Waals surface area (Å²) < 4.78 is 12.7. The van der Waals surface area contributed by atoms with Crippen molar-refractivity contribution in [3.63, 3.8) is 0 Å². The largest absolute Gasteiger partial charge is 0.393 e. The lowest BCUT2D eigenvalue weighted by Gasteiger charge is -2.16. The molecule has 0 aromatic carbocycles. The third kappa shape index (κ3) is 5.24. The molecule has 0 aliphatic heterocycles. The van der Waals surface area contributed by atoms with E-state index >= 15 is 0 Å². The first kappa shape index (κ1) is 14.1. The maximum atomic E-state index is 12.7. The molecule has 0 spiro atoms. The molecule has 0 aliphatic carbocycles. The Morgan fingerprint density at radius 2 is 2.24 bits per heavy atom.